The van der Waals surface area contributed by atoms with Crippen molar-refractivity contribution >= 4 is 23.1 Å². The first-order chi connectivity index (χ1) is 11.6. The molecule has 26 heavy (non-hydrogen) atoms. The quantitative estimate of drug-likeness (QED) is 0.334. The van der Waals surface area contributed by atoms with Crippen molar-refractivity contribution in [3.05, 3.63) is 71.8 Å². The number of ketones is 4. The fourth-order valence-corrected chi connectivity index (χ4v) is 2.27. The Kier molecular flexibility index (Phi) is 11.6. The normalized spacial score (nSPS) is 9.38. The molecule has 0 amide bonds. The van der Waals surface area contributed by atoms with Gasteiger partial charge in [-0.25, -0.2) is 0 Å². The number of carbonyl (C=O) groups excluding carboxylic acids is 4. The predicted octanol–water partition coefficient (Wildman–Crippen LogP) is 3.45. The number of benzene rings is 2. The molecule has 0 spiro atoms. The maximum absolute atomic E-state index is 11.9. The topological polar surface area (TPSA) is 68.3 Å². The fraction of sp³-hybridized carbons (Fsp3) is 0.200. The van der Waals surface area contributed by atoms with Crippen molar-refractivity contribution in [1.82, 2.24) is 0 Å². The molecule has 2 aromatic carbocycles. The van der Waals surface area contributed by atoms with E-state index in [4.69, 9.17) is 0 Å². The van der Waals surface area contributed by atoms with Gasteiger partial charge in [-0.2, -0.15) is 0 Å². The molecule has 0 saturated carbocycles. The molecule has 0 fully saturated rings. The molecule has 0 atom stereocenters. The van der Waals surface area contributed by atoms with Crippen molar-refractivity contribution in [1.29, 1.82) is 0 Å². The summed E-state index contributed by atoms with van der Waals surface area (Å²) in [6, 6.07) is 17.1. The van der Waals surface area contributed by atoms with Crippen molar-refractivity contribution in [3.63, 3.8) is 0 Å². The third kappa shape index (κ3) is 8.03. The van der Waals surface area contributed by atoms with Gasteiger partial charge in [0.05, 0.1) is 12.8 Å². The van der Waals surface area contributed by atoms with Gasteiger partial charge in [0, 0.05) is 58.1 Å². The molecular weight excluding hydrogens is 431 g/mol. The second kappa shape index (κ2) is 12.5. The Bertz CT molecular complexity index is 677. The summed E-state index contributed by atoms with van der Waals surface area (Å²) in [4.78, 5) is 47.5. The van der Waals surface area contributed by atoms with E-state index >= 15 is 0 Å². The van der Waals surface area contributed by atoms with Crippen LogP contribution in [0.4, 0.5) is 0 Å². The second-order valence-electron chi connectivity index (χ2n) is 5.51. The molecule has 0 unspecified atom stereocenters. The Morgan fingerprint density at radius 3 is 1.15 bits per heavy atom. The van der Waals surface area contributed by atoms with Gasteiger partial charge in [0.1, 0.15) is 11.6 Å². The summed E-state index contributed by atoms with van der Waals surface area (Å²) in [6.07, 6.45) is -0.465. The van der Waals surface area contributed by atoms with Gasteiger partial charge >= 0.3 is 0 Å². The summed E-state index contributed by atoms with van der Waals surface area (Å²) in [7, 11) is 0. The van der Waals surface area contributed by atoms with Crippen molar-refractivity contribution in [2.45, 2.75) is 25.7 Å². The van der Waals surface area contributed by atoms with Gasteiger partial charge in [0.2, 0.25) is 0 Å². The molecule has 144 valence electrons. The van der Waals surface area contributed by atoms with Gasteiger partial charge in [0.25, 0.3) is 0 Å². The summed E-state index contributed by atoms with van der Waals surface area (Å²) < 4.78 is 0. The van der Waals surface area contributed by atoms with Crippen molar-refractivity contribution in [2.24, 2.45) is 0 Å². The van der Waals surface area contributed by atoms with Crippen LogP contribution in [0.3, 0.4) is 0 Å². The third-order valence-corrected chi connectivity index (χ3v) is 3.59. The van der Waals surface area contributed by atoms with Crippen LogP contribution in [0, 0.1) is 0 Å². The molecule has 2 aromatic rings. The van der Waals surface area contributed by atoms with Crippen LogP contribution in [0.25, 0.3) is 0 Å². The van der Waals surface area contributed by atoms with Crippen LogP contribution in [0.15, 0.2) is 60.7 Å². The van der Waals surface area contributed by atoms with Gasteiger partial charge in [-0.1, -0.05) is 60.7 Å². The summed E-state index contributed by atoms with van der Waals surface area (Å²) in [5, 5.41) is 0. The molecule has 0 bridgehead atoms. The van der Waals surface area contributed by atoms with Gasteiger partial charge in [-0.3, -0.25) is 19.2 Å². The van der Waals surface area contributed by atoms with E-state index in [1.807, 2.05) is 0 Å². The van der Waals surface area contributed by atoms with Gasteiger partial charge in [0.15, 0.2) is 11.6 Å². The van der Waals surface area contributed by atoms with Crippen molar-refractivity contribution in [3.8, 4) is 0 Å². The fourth-order valence-electron chi connectivity index (χ4n) is 2.27. The van der Waals surface area contributed by atoms with E-state index in [9.17, 15) is 19.2 Å². The summed E-state index contributed by atoms with van der Waals surface area (Å²) >= 11 is 0. The Labute approximate surface area is 173 Å². The Morgan fingerprint density at radius 1 is 0.538 bits per heavy atom. The molecule has 0 heterocycles. The van der Waals surface area contributed by atoms with E-state index in [1.165, 1.54) is 0 Å². The summed E-state index contributed by atoms with van der Waals surface area (Å²) in [5.74, 6) is -1.09. The largest absolute Gasteiger partial charge is 0.299 e. The van der Waals surface area contributed by atoms with E-state index in [1.54, 1.807) is 60.7 Å². The van der Waals surface area contributed by atoms with E-state index in [0.717, 1.165) is 0 Å². The van der Waals surface area contributed by atoms with Crippen LogP contribution in [-0.4, -0.2) is 23.1 Å². The first-order valence-electron chi connectivity index (χ1n) is 7.76. The minimum Gasteiger partial charge on any atom is -0.299 e. The molecule has 0 aromatic heterocycles. The maximum atomic E-state index is 11.9. The summed E-state index contributed by atoms with van der Waals surface area (Å²) in [6.45, 7) is 0. The SMILES string of the molecule is O=C(CCC(=O)CC(=O)c1ccccc1)CC(=O)c1ccccc1.[Cu].[Cu]. The van der Waals surface area contributed by atoms with Crippen molar-refractivity contribution < 1.29 is 53.3 Å². The maximum Gasteiger partial charge on any atom is 0.170 e. The molecule has 0 aliphatic carbocycles. The first-order valence-corrected chi connectivity index (χ1v) is 7.76. The molecule has 0 aliphatic heterocycles. The van der Waals surface area contributed by atoms with Crippen LogP contribution >= 0.6 is 0 Å². The molecule has 2 rings (SSSR count). The van der Waals surface area contributed by atoms with Gasteiger partial charge in [-0.05, 0) is 0 Å². The van der Waals surface area contributed by atoms with Gasteiger partial charge < -0.3 is 0 Å². The molecule has 0 aliphatic rings. The minimum absolute atomic E-state index is 0. The standard InChI is InChI=1S/C20H18O4.2Cu/c21-17(13-19(23)15-7-3-1-4-8-15)11-12-18(22)14-20(24)16-9-5-2-6-10-16;;/h1-10H,11-14H2;;. The molecule has 2 radical (unpaired) electrons. The first kappa shape index (κ1) is 24.2. The molecule has 0 saturated heterocycles. The number of carbonyl (C=O) groups is 4. The van der Waals surface area contributed by atoms with Crippen LogP contribution in [0.2, 0.25) is 0 Å². The van der Waals surface area contributed by atoms with E-state index < -0.39 is 0 Å². The second-order valence-corrected chi connectivity index (χ2v) is 5.51. The third-order valence-electron chi connectivity index (χ3n) is 3.59. The van der Waals surface area contributed by atoms with Crippen LogP contribution in [0.5, 0.6) is 0 Å². The minimum atomic E-state index is -0.288. The van der Waals surface area contributed by atoms with Crippen LogP contribution in [-0.2, 0) is 43.7 Å². The molecular formula is C20H18Cu2O4. The average Bonchev–Trinajstić information content (AvgIpc) is 2.61. The molecule has 4 nitrogen and oxygen atoms in total. The van der Waals surface area contributed by atoms with Crippen LogP contribution in [0.1, 0.15) is 46.4 Å². The number of Topliss-reactive ketones (excluding diaryl/α,β-unsaturated/α-hetero) is 4. The number of hydrogen-bond acceptors (Lipinski definition) is 4. The Hall–Kier alpha value is -1.84. The van der Waals surface area contributed by atoms with Crippen molar-refractivity contribution in [2.75, 3.05) is 0 Å². The zero-order chi connectivity index (χ0) is 17.4. The average molecular weight is 449 g/mol. The zero-order valence-corrected chi connectivity index (χ0v) is 15.7. The van der Waals surface area contributed by atoms with E-state index in [2.05, 4.69) is 0 Å². The van der Waals surface area contributed by atoms with E-state index in [-0.39, 0.29) is 83.0 Å². The van der Waals surface area contributed by atoms with E-state index in [0.29, 0.717) is 11.1 Å². The predicted molar refractivity (Wildman–Crippen MR) is 90.0 cm³/mol. The Morgan fingerprint density at radius 2 is 0.846 bits per heavy atom. The monoisotopic (exact) mass is 448 g/mol. The summed E-state index contributed by atoms with van der Waals surface area (Å²) in [5.41, 5.74) is 0.966. The Balaban J connectivity index is 0.00000312. The van der Waals surface area contributed by atoms with Crippen LogP contribution < -0.4 is 0 Å². The molecule has 0 N–H and O–H groups in total. The number of hydrogen-bond donors (Lipinski definition) is 0. The zero-order valence-electron chi connectivity index (χ0n) is 13.8. The molecule has 6 heteroatoms. The number of rotatable bonds is 9. The van der Waals surface area contributed by atoms with Gasteiger partial charge in [-0.15, -0.1) is 0 Å². The smallest absolute Gasteiger partial charge is 0.170 e.